The lowest BCUT2D eigenvalue weighted by atomic mass is 10.1. The summed E-state index contributed by atoms with van der Waals surface area (Å²) in [5.41, 5.74) is 0.815. The third-order valence-corrected chi connectivity index (χ3v) is 4.74. The van der Waals surface area contributed by atoms with Crippen molar-refractivity contribution in [3.63, 3.8) is 0 Å². The highest BCUT2D eigenvalue weighted by Gasteiger charge is 2.28. The van der Waals surface area contributed by atoms with E-state index in [1.807, 2.05) is 39.0 Å². The number of hydrogen-bond donors (Lipinski definition) is 1. The number of carbonyl (C=O) groups excluding carboxylic acids is 1. The molecular weight excluding hydrogens is 310 g/mol. The molecule has 118 valence electrons. The van der Waals surface area contributed by atoms with Crippen molar-refractivity contribution in [1.29, 1.82) is 0 Å². The van der Waals surface area contributed by atoms with E-state index in [1.165, 1.54) is 0 Å². The highest BCUT2D eigenvalue weighted by molar-refractivity contribution is 7.84. The van der Waals surface area contributed by atoms with Gasteiger partial charge in [-0.3, -0.25) is 4.79 Å². The molecule has 1 aromatic rings. The van der Waals surface area contributed by atoms with Gasteiger partial charge >= 0.3 is 5.97 Å². The van der Waals surface area contributed by atoms with Crippen LogP contribution in [0.3, 0.4) is 0 Å². The Balaban J connectivity index is 2.90. The lowest BCUT2D eigenvalue weighted by Crippen LogP contribution is -2.45. The van der Waals surface area contributed by atoms with E-state index in [2.05, 4.69) is 4.72 Å². The summed E-state index contributed by atoms with van der Waals surface area (Å²) in [7, 11) is -1.37. The average molecular weight is 332 g/mol. The topological polar surface area (TPSA) is 55.4 Å². The minimum absolute atomic E-state index is 0.279. The van der Waals surface area contributed by atoms with Gasteiger partial charge in [-0.05, 0) is 39.3 Å². The normalized spacial score (nSPS) is 14.5. The predicted molar refractivity (Wildman–Crippen MR) is 86.6 cm³/mol. The Labute approximate surface area is 133 Å². The molecule has 0 bridgehead atoms. The number of esters is 1. The Morgan fingerprint density at radius 3 is 2.52 bits per heavy atom. The van der Waals surface area contributed by atoms with E-state index in [-0.39, 0.29) is 6.61 Å². The van der Waals surface area contributed by atoms with Crippen molar-refractivity contribution in [2.75, 3.05) is 6.61 Å². The fraction of sp³-hybridized carbons (Fsp3) is 0.533. The van der Waals surface area contributed by atoms with Crippen molar-refractivity contribution in [3.8, 4) is 0 Å². The maximum atomic E-state index is 12.2. The van der Waals surface area contributed by atoms with Gasteiger partial charge in [-0.25, -0.2) is 8.93 Å². The van der Waals surface area contributed by atoms with Gasteiger partial charge in [-0.1, -0.05) is 29.8 Å². The SMILES string of the molecule is CCOC(=O)C(Cc1ccccc1Cl)NS(=O)C(C)(C)C. The van der Waals surface area contributed by atoms with Gasteiger partial charge in [0, 0.05) is 11.4 Å². The second-order valence-corrected chi connectivity index (χ2v) is 8.00. The number of nitrogens with one attached hydrogen (secondary N) is 1. The maximum Gasteiger partial charge on any atom is 0.324 e. The molecule has 2 atom stereocenters. The summed E-state index contributed by atoms with van der Waals surface area (Å²) in [6.07, 6.45) is 0.334. The third-order valence-electron chi connectivity index (χ3n) is 2.76. The summed E-state index contributed by atoms with van der Waals surface area (Å²) in [5, 5.41) is 0.579. The van der Waals surface area contributed by atoms with Gasteiger partial charge in [0.25, 0.3) is 0 Å². The van der Waals surface area contributed by atoms with E-state index in [1.54, 1.807) is 13.0 Å². The molecule has 0 aromatic heterocycles. The molecule has 0 aliphatic heterocycles. The Kier molecular flexibility index (Phi) is 6.84. The minimum Gasteiger partial charge on any atom is -0.465 e. The standard InChI is InChI=1S/C15H22ClNO3S/c1-5-20-14(18)13(17-21(19)15(2,3)4)10-11-8-6-7-9-12(11)16/h6-9,13,17H,5,10H2,1-4H3. The van der Waals surface area contributed by atoms with E-state index in [0.717, 1.165) is 5.56 Å². The molecule has 1 aromatic carbocycles. The quantitative estimate of drug-likeness (QED) is 0.815. The van der Waals surface area contributed by atoms with E-state index in [0.29, 0.717) is 11.4 Å². The average Bonchev–Trinajstić information content (AvgIpc) is 2.39. The molecule has 0 amide bonds. The zero-order valence-electron chi connectivity index (χ0n) is 12.8. The van der Waals surface area contributed by atoms with E-state index in [4.69, 9.17) is 16.3 Å². The van der Waals surface area contributed by atoms with Gasteiger partial charge in [0.2, 0.25) is 0 Å². The first-order chi connectivity index (χ1) is 9.75. The van der Waals surface area contributed by atoms with Crippen LogP contribution in [0.1, 0.15) is 33.3 Å². The van der Waals surface area contributed by atoms with Crippen LogP contribution in [0.2, 0.25) is 5.02 Å². The second-order valence-electron chi connectivity index (χ2n) is 5.60. The monoisotopic (exact) mass is 331 g/mol. The first-order valence-corrected chi connectivity index (χ1v) is 8.36. The lowest BCUT2D eigenvalue weighted by Gasteiger charge is -2.23. The Morgan fingerprint density at radius 1 is 1.38 bits per heavy atom. The fourth-order valence-electron chi connectivity index (χ4n) is 1.61. The van der Waals surface area contributed by atoms with Crippen LogP contribution in [0.4, 0.5) is 0 Å². The molecule has 0 aliphatic carbocycles. The van der Waals surface area contributed by atoms with Crippen LogP contribution >= 0.6 is 11.6 Å². The number of carbonyl (C=O) groups is 1. The molecule has 1 rings (SSSR count). The number of hydrogen-bond acceptors (Lipinski definition) is 3. The van der Waals surface area contributed by atoms with Crippen LogP contribution in [0, 0.1) is 0 Å². The van der Waals surface area contributed by atoms with E-state index < -0.39 is 27.7 Å². The molecule has 0 spiro atoms. The number of ether oxygens (including phenoxy) is 1. The zero-order valence-corrected chi connectivity index (χ0v) is 14.4. The fourth-order valence-corrected chi connectivity index (χ4v) is 2.61. The second kappa shape index (κ2) is 7.92. The highest BCUT2D eigenvalue weighted by atomic mass is 35.5. The zero-order chi connectivity index (χ0) is 16.0. The molecule has 0 radical (unpaired) electrons. The number of halogens is 1. The van der Waals surface area contributed by atoms with Crippen molar-refractivity contribution in [1.82, 2.24) is 4.72 Å². The summed E-state index contributed by atoms with van der Waals surface area (Å²) in [6.45, 7) is 7.54. The van der Waals surface area contributed by atoms with Crippen LogP contribution in [-0.2, 0) is 26.9 Å². The number of rotatable bonds is 6. The van der Waals surface area contributed by atoms with Crippen LogP contribution in [0.5, 0.6) is 0 Å². The molecule has 21 heavy (non-hydrogen) atoms. The molecule has 2 unspecified atom stereocenters. The van der Waals surface area contributed by atoms with Gasteiger partial charge in [0.05, 0.1) is 22.3 Å². The molecule has 0 heterocycles. The molecule has 6 heteroatoms. The van der Waals surface area contributed by atoms with Crippen LogP contribution < -0.4 is 4.72 Å². The largest absolute Gasteiger partial charge is 0.465 e. The van der Waals surface area contributed by atoms with Crippen molar-refractivity contribution < 1.29 is 13.7 Å². The van der Waals surface area contributed by atoms with Gasteiger partial charge in [0.1, 0.15) is 6.04 Å². The summed E-state index contributed by atoms with van der Waals surface area (Å²) in [5.74, 6) is -0.421. The van der Waals surface area contributed by atoms with Crippen LogP contribution in [0.15, 0.2) is 24.3 Å². The molecular formula is C15H22ClNO3S. The molecule has 0 saturated carbocycles. The molecule has 4 nitrogen and oxygen atoms in total. The van der Waals surface area contributed by atoms with Gasteiger partial charge in [-0.15, -0.1) is 0 Å². The molecule has 0 fully saturated rings. The minimum atomic E-state index is -1.37. The summed E-state index contributed by atoms with van der Waals surface area (Å²) in [4.78, 5) is 12.1. The maximum absolute atomic E-state index is 12.2. The summed E-state index contributed by atoms with van der Waals surface area (Å²) >= 11 is 6.12. The Morgan fingerprint density at radius 2 is 2.00 bits per heavy atom. The van der Waals surface area contributed by atoms with Crippen molar-refractivity contribution in [2.24, 2.45) is 0 Å². The van der Waals surface area contributed by atoms with Crippen molar-refractivity contribution >= 4 is 28.6 Å². The predicted octanol–water partition coefficient (Wildman–Crippen LogP) is 2.87. The van der Waals surface area contributed by atoms with Crippen molar-refractivity contribution in [3.05, 3.63) is 34.9 Å². The van der Waals surface area contributed by atoms with Crippen LogP contribution in [0.25, 0.3) is 0 Å². The van der Waals surface area contributed by atoms with Gasteiger partial charge in [-0.2, -0.15) is 0 Å². The summed E-state index contributed by atoms with van der Waals surface area (Å²) < 4.78 is 19.7. The first kappa shape index (κ1) is 18.1. The first-order valence-electron chi connectivity index (χ1n) is 6.83. The van der Waals surface area contributed by atoms with Crippen molar-refractivity contribution in [2.45, 2.75) is 44.9 Å². The highest BCUT2D eigenvalue weighted by Crippen LogP contribution is 2.18. The third kappa shape index (κ3) is 5.77. The van der Waals surface area contributed by atoms with Crippen LogP contribution in [-0.4, -0.2) is 27.6 Å². The van der Waals surface area contributed by atoms with Gasteiger partial charge < -0.3 is 4.74 Å². The number of benzene rings is 1. The molecule has 0 aliphatic rings. The molecule has 0 saturated heterocycles. The molecule has 1 N–H and O–H groups in total. The summed E-state index contributed by atoms with van der Waals surface area (Å²) in [6, 6.07) is 6.59. The van der Waals surface area contributed by atoms with E-state index in [9.17, 15) is 9.00 Å². The van der Waals surface area contributed by atoms with E-state index >= 15 is 0 Å². The Bertz CT molecular complexity index is 514. The Hall–Kier alpha value is -0.910. The van der Waals surface area contributed by atoms with Gasteiger partial charge in [0.15, 0.2) is 0 Å². The smallest absolute Gasteiger partial charge is 0.324 e. The lowest BCUT2D eigenvalue weighted by molar-refractivity contribution is -0.145.